The Morgan fingerprint density at radius 1 is 1.25 bits per heavy atom. The average molecular weight is 377 g/mol. The SMILES string of the molecule is Cn1ccc(-c2cc(C(=O)NCC(C)(C)N3CCc4ccccc4C3)[nH]n2)c1. The zero-order chi connectivity index (χ0) is 19.7. The van der Waals surface area contributed by atoms with E-state index in [1.165, 1.54) is 11.1 Å². The molecule has 6 nitrogen and oxygen atoms in total. The van der Waals surface area contributed by atoms with Crippen LogP contribution >= 0.6 is 0 Å². The number of nitrogens with zero attached hydrogens (tertiary/aromatic N) is 3. The summed E-state index contributed by atoms with van der Waals surface area (Å²) in [6.07, 6.45) is 4.99. The normalized spacial score (nSPS) is 14.7. The first-order chi connectivity index (χ1) is 13.4. The van der Waals surface area contributed by atoms with E-state index in [4.69, 9.17) is 0 Å². The number of carbonyl (C=O) groups excluding carboxylic acids is 1. The number of amides is 1. The predicted octanol–water partition coefficient (Wildman–Crippen LogP) is 2.98. The first kappa shape index (κ1) is 18.5. The molecule has 3 heterocycles. The van der Waals surface area contributed by atoms with Gasteiger partial charge in [0.2, 0.25) is 0 Å². The van der Waals surface area contributed by atoms with E-state index in [1.807, 2.05) is 30.1 Å². The van der Waals surface area contributed by atoms with Crippen LogP contribution in [-0.2, 0) is 20.0 Å². The second-order valence-corrected chi connectivity index (χ2v) is 8.17. The minimum absolute atomic E-state index is 0.125. The molecular formula is C22H27N5O. The highest BCUT2D eigenvalue weighted by atomic mass is 16.1. The molecule has 4 rings (SSSR count). The van der Waals surface area contributed by atoms with Gasteiger partial charge in [-0.05, 0) is 43.5 Å². The highest BCUT2D eigenvalue weighted by Gasteiger charge is 2.30. The Morgan fingerprint density at radius 2 is 2.04 bits per heavy atom. The van der Waals surface area contributed by atoms with Gasteiger partial charge in [0.1, 0.15) is 5.69 Å². The standard InChI is InChI=1S/C22H27N5O/c1-22(2,27-11-9-16-6-4-5-7-17(16)14-27)15-23-21(28)20-12-19(24-25-20)18-8-10-26(3)13-18/h4-8,10,12-13H,9,11,14-15H2,1-3H3,(H,23,28)(H,24,25). The molecule has 0 atom stereocenters. The number of benzene rings is 1. The maximum atomic E-state index is 12.6. The average Bonchev–Trinajstić information content (AvgIpc) is 3.35. The number of carbonyl (C=O) groups is 1. The highest BCUT2D eigenvalue weighted by molar-refractivity contribution is 5.93. The molecule has 1 aliphatic heterocycles. The number of aryl methyl sites for hydroxylation is 1. The summed E-state index contributed by atoms with van der Waals surface area (Å²) in [5.41, 5.74) is 4.94. The Labute approximate surface area is 165 Å². The van der Waals surface area contributed by atoms with Gasteiger partial charge >= 0.3 is 0 Å². The largest absolute Gasteiger partial charge is 0.357 e. The van der Waals surface area contributed by atoms with Gasteiger partial charge in [0, 0.05) is 50.2 Å². The Morgan fingerprint density at radius 3 is 2.79 bits per heavy atom. The second-order valence-electron chi connectivity index (χ2n) is 8.17. The van der Waals surface area contributed by atoms with Crippen molar-refractivity contribution >= 4 is 5.91 Å². The molecule has 2 N–H and O–H groups in total. The van der Waals surface area contributed by atoms with Crippen LogP contribution in [0.1, 0.15) is 35.5 Å². The van der Waals surface area contributed by atoms with E-state index in [0.29, 0.717) is 12.2 Å². The molecule has 0 saturated carbocycles. The third-order valence-electron chi connectivity index (χ3n) is 5.62. The minimum atomic E-state index is -0.133. The van der Waals surface area contributed by atoms with Crippen LogP contribution in [0.25, 0.3) is 11.3 Å². The van der Waals surface area contributed by atoms with Gasteiger partial charge in [-0.2, -0.15) is 5.10 Å². The van der Waals surface area contributed by atoms with Crippen LogP contribution in [0.4, 0.5) is 0 Å². The van der Waals surface area contributed by atoms with Gasteiger partial charge < -0.3 is 9.88 Å². The third-order valence-corrected chi connectivity index (χ3v) is 5.62. The summed E-state index contributed by atoms with van der Waals surface area (Å²) in [6, 6.07) is 12.4. The van der Waals surface area contributed by atoms with E-state index in [2.05, 4.69) is 58.5 Å². The molecule has 0 spiro atoms. The summed E-state index contributed by atoms with van der Waals surface area (Å²) in [5.74, 6) is -0.125. The lowest BCUT2D eigenvalue weighted by Gasteiger charge is -2.41. The Hall–Kier alpha value is -2.86. The van der Waals surface area contributed by atoms with E-state index >= 15 is 0 Å². The molecule has 2 aromatic heterocycles. The van der Waals surface area contributed by atoms with Crippen LogP contribution in [0.2, 0.25) is 0 Å². The van der Waals surface area contributed by atoms with Crippen LogP contribution in [0, 0.1) is 0 Å². The lowest BCUT2D eigenvalue weighted by atomic mass is 9.94. The minimum Gasteiger partial charge on any atom is -0.357 e. The van der Waals surface area contributed by atoms with E-state index < -0.39 is 0 Å². The molecule has 1 aliphatic rings. The molecule has 1 amide bonds. The molecule has 0 aliphatic carbocycles. The van der Waals surface area contributed by atoms with Crippen molar-refractivity contribution in [2.45, 2.75) is 32.4 Å². The van der Waals surface area contributed by atoms with E-state index in [1.54, 1.807) is 6.07 Å². The van der Waals surface area contributed by atoms with Gasteiger partial charge in [0.05, 0.1) is 5.69 Å². The lowest BCUT2D eigenvalue weighted by Crippen LogP contribution is -2.53. The maximum absolute atomic E-state index is 12.6. The van der Waals surface area contributed by atoms with Crippen LogP contribution < -0.4 is 5.32 Å². The molecule has 6 heteroatoms. The predicted molar refractivity (Wildman–Crippen MR) is 110 cm³/mol. The van der Waals surface area contributed by atoms with Crippen LogP contribution in [-0.4, -0.2) is 44.2 Å². The molecule has 3 aromatic rings. The molecule has 1 aromatic carbocycles. The highest BCUT2D eigenvalue weighted by Crippen LogP contribution is 2.25. The van der Waals surface area contributed by atoms with Gasteiger partial charge in [-0.3, -0.25) is 14.8 Å². The summed E-state index contributed by atoms with van der Waals surface area (Å²) in [4.78, 5) is 15.1. The summed E-state index contributed by atoms with van der Waals surface area (Å²) in [7, 11) is 1.96. The monoisotopic (exact) mass is 377 g/mol. The number of nitrogens with one attached hydrogen (secondary N) is 2. The summed E-state index contributed by atoms with van der Waals surface area (Å²) in [6.45, 7) is 6.87. The molecule has 0 fully saturated rings. The zero-order valence-corrected chi connectivity index (χ0v) is 16.7. The van der Waals surface area contributed by atoms with Crippen LogP contribution in [0.15, 0.2) is 48.8 Å². The van der Waals surface area contributed by atoms with Gasteiger partial charge in [0.15, 0.2) is 0 Å². The number of H-pyrrole nitrogens is 1. The topological polar surface area (TPSA) is 66.0 Å². The Kier molecular flexibility index (Phi) is 4.81. The van der Waals surface area contributed by atoms with Crippen molar-refractivity contribution in [3.63, 3.8) is 0 Å². The molecule has 0 unspecified atom stereocenters. The van der Waals surface area contributed by atoms with Crippen molar-refractivity contribution in [1.29, 1.82) is 0 Å². The summed E-state index contributed by atoms with van der Waals surface area (Å²) < 4.78 is 1.96. The molecule has 0 bridgehead atoms. The fourth-order valence-corrected chi connectivity index (χ4v) is 3.76. The second kappa shape index (κ2) is 7.28. The van der Waals surface area contributed by atoms with Gasteiger partial charge in [-0.25, -0.2) is 0 Å². The van der Waals surface area contributed by atoms with Crippen molar-refractivity contribution in [2.24, 2.45) is 7.05 Å². The number of rotatable bonds is 5. The first-order valence-corrected chi connectivity index (χ1v) is 9.70. The van der Waals surface area contributed by atoms with E-state index in [-0.39, 0.29) is 11.4 Å². The van der Waals surface area contributed by atoms with Crippen molar-refractivity contribution in [3.05, 3.63) is 65.6 Å². The molecule has 28 heavy (non-hydrogen) atoms. The number of aromatic nitrogens is 3. The Balaban J connectivity index is 1.38. The van der Waals surface area contributed by atoms with Gasteiger partial charge in [0.25, 0.3) is 5.91 Å². The first-order valence-electron chi connectivity index (χ1n) is 9.70. The van der Waals surface area contributed by atoms with Gasteiger partial charge in [-0.1, -0.05) is 24.3 Å². The third kappa shape index (κ3) is 3.73. The number of hydrogen-bond donors (Lipinski definition) is 2. The molecular weight excluding hydrogens is 350 g/mol. The quantitative estimate of drug-likeness (QED) is 0.718. The van der Waals surface area contributed by atoms with Crippen LogP contribution in [0.3, 0.4) is 0 Å². The summed E-state index contributed by atoms with van der Waals surface area (Å²) >= 11 is 0. The molecule has 146 valence electrons. The maximum Gasteiger partial charge on any atom is 0.269 e. The fourth-order valence-electron chi connectivity index (χ4n) is 3.76. The smallest absolute Gasteiger partial charge is 0.269 e. The Bertz CT molecular complexity index is 984. The van der Waals surface area contributed by atoms with Crippen molar-refractivity contribution < 1.29 is 4.79 Å². The summed E-state index contributed by atoms with van der Waals surface area (Å²) in [5, 5.41) is 10.2. The van der Waals surface area contributed by atoms with Gasteiger partial charge in [-0.15, -0.1) is 0 Å². The fraction of sp³-hybridized carbons (Fsp3) is 0.364. The van der Waals surface area contributed by atoms with Crippen molar-refractivity contribution in [2.75, 3.05) is 13.1 Å². The van der Waals surface area contributed by atoms with E-state index in [9.17, 15) is 4.79 Å². The number of aromatic amines is 1. The van der Waals surface area contributed by atoms with Crippen molar-refractivity contribution in [3.8, 4) is 11.3 Å². The van der Waals surface area contributed by atoms with Crippen molar-refractivity contribution in [1.82, 2.24) is 25.0 Å². The van der Waals surface area contributed by atoms with Crippen LogP contribution in [0.5, 0.6) is 0 Å². The zero-order valence-electron chi connectivity index (χ0n) is 16.7. The molecule has 0 radical (unpaired) electrons. The van der Waals surface area contributed by atoms with E-state index in [0.717, 1.165) is 30.8 Å². The lowest BCUT2D eigenvalue weighted by molar-refractivity contribution is 0.0822. The number of fused-ring (bicyclic) bond motifs is 1. The number of hydrogen-bond acceptors (Lipinski definition) is 3. The molecule has 0 saturated heterocycles.